The van der Waals surface area contributed by atoms with E-state index < -0.39 is 0 Å². The van der Waals surface area contributed by atoms with Gasteiger partial charge in [0.1, 0.15) is 5.75 Å². The molecule has 0 saturated carbocycles. The van der Waals surface area contributed by atoms with Crippen LogP contribution in [-0.4, -0.2) is 24.5 Å². The molecule has 0 aliphatic carbocycles. The van der Waals surface area contributed by atoms with Gasteiger partial charge >= 0.3 is 0 Å². The van der Waals surface area contributed by atoms with Crippen LogP contribution < -0.4 is 10.5 Å². The third kappa shape index (κ3) is 4.24. The van der Waals surface area contributed by atoms with Crippen molar-refractivity contribution in [2.24, 2.45) is 0 Å². The number of hydrogen-bond donors (Lipinski definition) is 1. The van der Waals surface area contributed by atoms with Gasteiger partial charge in [0, 0.05) is 13.6 Å². The van der Waals surface area contributed by atoms with Gasteiger partial charge in [0.25, 0.3) is 5.91 Å². The van der Waals surface area contributed by atoms with Crippen molar-refractivity contribution in [3.8, 4) is 5.75 Å². The summed E-state index contributed by atoms with van der Waals surface area (Å²) in [6, 6.07) is 15.3. The Morgan fingerprint density at radius 1 is 1.14 bits per heavy atom. The van der Waals surface area contributed by atoms with Gasteiger partial charge in [0.15, 0.2) is 6.61 Å². The number of rotatable bonds is 5. The van der Waals surface area contributed by atoms with E-state index in [1.165, 1.54) is 5.56 Å². The lowest BCUT2D eigenvalue weighted by Gasteiger charge is -2.18. The molecule has 0 spiro atoms. The maximum atomic E-state index is 12.1. The van der Waals surface area contributed by atoms with Gasteiger partial charge in [0.2, 0.25) is 0 Å². The maximum Gasteiger partial charge on any atom is 0.260 e. The summed E-state index contributed by atoms with van der Waals surface area (Å²) in [5, 5.41) is 0. The van der Waals surface area contributed by atoms with Crippen LogP contribution in [0.15, 0.2) is 48.5 Å². The van der Waals surface area contributed by atoms with Crippen molar-refractivity contribution in [2.75, 3.05) is 19.4 Å². The molecular formula is C17H20N2O2. The second-order valence-corrected chi connectivity index (χ2v) is 5.06. The van der Waals surface area contributed by atoms with Crippen molar-refractivity contribution >= 4 is 11.6 Å². The number of ether oxygens (including phenoxy) is 1. The monoisotopic (exact) mass is 284 g/mol. The number of nitrogens with zero attached hydrogens (tertiary/aromatic N) is 1. The van der Waals surface area contributed by atoms with E-state index in [0.29, 0.717) is 18.0 Å². The zero-order valence-corrected chi connectivity index (χ0v) is 12.4. The lowest BCUT2D eigenvalue weighted by atomic mass is 10.1. The number of nitrogens with two attached hydrogens (primary N) is 1. The number of carbonyl (C=O) groups excluding carboxylic acids is 1. The number of anilines is 1. The molecule has 0 atom stereocenters. The van der Waals surface area contributed by atoms with Crippen LogP contribution in [0.2, 0.25) is 0 Å². The van der Waals surface area contributed by atoms with E-state index in [4.69, 9.17) is 10.5 Å². The van der Waals surface area contributed by atoms with E-state index in [1.54, 1.807) is 24.1 Å². The van der Waals surface area contributed by atoms with Crippen LogP contribution in [-0.2, 0) is 11.3 Å². The number of nitrogen functional groups attached to an aromatic ring is 1. The lowest BCUT2D eigenvalue weighted by Crippen LogP contribution is -2.31. The summed E-state index contributed by atoms with van der Waals surface area (Å²) in [5.41, 5.74) is 8.60. The molecule has 0 fully saturated rings. The third-order valence-electron chi connectivity index (χ3n) is 3.24. The summed E-state index contributed by atoms with van der Waals surface area (Å²) in [7, 11) is 1.76. The molecule has 2 N–H and O–H groups in total. The second kappa shape index (κ2) is 6.79. The molecule has 110 valence electrons. The SMILES string of the molecule is Cc1ccc(CN(C)C(=O)COc2ccccc2N)cc1. The molecule has 0 saturated heterocycles. The first-order valence-electron chi connectivity index (χ1n) is 6.83. The minimum atomic E-state index is -0.0844. The summed E-state index contributed by atoms with van der Waals surface area (Å²) in [6.07, 6.45) is 0. The fourth-order valence-electron chi connectivity index (χ4n) is 1.92. The van der Waals surface area contributed by atoms with Gasteiger partial charge in [0.05, 0.1) is 5.69 Å². The number of amides is 1. The lowest BCUT2D eigenvalue weighted by molar-refractivity contribution is -0.132. The summed E-state index contributed by atoms with van der Waals surface area (Å²) in [6.45, 7) is 2.58. The minimum absolute atomic E-state index is 0.0173. The first kappa shape index (κ1) is 14.9. The average molecular weight is 284 g/mol. The van der Waals surface area contributed by atoms with Crippen molar-refractivity contribution in [1.29, 1.82) is 0 Å². The highest BCUT2D eigenvalue weighted by molar-refractivity contribution is 5.77. The fraction of sp³-hybridized carbons (Fsp3) is 0.235. The Hall–Kier alpha value is -2.49. The molecule has 2 rings (SSSR count). The van der Waals surface area contributed by atoms with Crippen LogP contribution in [0.25, 0.3) is 0 Å². The van der Waals surface area contributed by atoms with Crippen LogP contribution in [0.4, 0.5) is 5.69 Å². The first-order valence-corrected chi connectivity index (χ1v) is 6.83. The number of para-hydroxylation sites is 2. The van der Waals surface area contributed by atoms with Crippen LogP contribution >= 0.6 is 0 Å². The molecule has 0 radical (unpaired) electrons. The Balaban J connectivity index is 1.88. The molecule has 2 aromatic carbocycles. The van der Waals surface area contributed by atoms with Gasteiger partial charge in [-0.2, -0.15) is 0 Å². The zero-order valence-electron chi connectivity index (χ0n) is 12.4. The van der Waals surface area contributed by atoms with E-state index in [-0.39, 0.29) is 12.5 Å². The molecule has 0 aliphatic rings. The first-order chi connectivity index (χ1) is 10.1. The molecule has 4 nitrogen and oxygen atoms in total. The molecule has 1 amide bonds. The molecule has 2 aromatic rings. The van der Waals surface area contributed by atoms with Gasteiger partial charge in [-0.15, -0.1) is 0 Å². The van der Waals surface area contributed by atoms with Crippen molar-refractivity contribution in [2.45, 2.75) is 13.5 Å². The van der Waals surface area contributed by atoms with E-state index in [9.17, 15) is 4.79 Å². The minimum Gasteiger partial charge on any atom is -0.482 e. The number of aryl methyl sites for hydroxylation is 1. The predicted molar refractivity (Wildman–Crippen MR) is 84.0 cm³/mol. The average Bonchev–Trinajstić information content (AvgIpc) is 2.48. The number of carbonyl (C=O) groups is 1. The molecule has 0 aliphatic heterocycles. The van der Waals surface area contributed by atoms with Crippen molar-refractivity contribution in [1.82, 2.24) is 4.90 Å². The number of benzene rings is 2. The van der Waals surface area contributed by atoms with Crippen LogP contribution in [0, 0.1) is 6.92 Å². The van der Waals surface area contributed by atoms with Crippen molar-refractivity contribution < 1.29 is 9.53 Å². The van der Waals surface area contributed by atoms with Crippen molar-refractivity contribution in [3.63, 3.8) is 0 Å². The smallest absolute Gasteiger partial charge is 0.260 e. The molecule has 21 heavy (non-hydrogen) atoms. The quantitative estimate of drug-likeness (QED) is 0.859. The van der Waals surface area contributed by atoms with Gasteiger partial charge in [-0.3, -0.25) is 4.79 Å². The highest BCUT2D eigenvalue weighted by atomic mass is 16.5. The molecular weight excluding hydrogens is 264 g/mol. The number of likely N-dealkylation sites (N-methyl/N-ethyl adjacent to an activating group) is 1. The molecule has 0 heterocycles. The van der Waals surface area contributed by atoms with Crippen LogP contribution in [0.5, 0.6) is 5.75 Å². The van der Waals surface area contributed by atoms with E-state index in [1.807, 2.05) is 43.3 Å². The van der Waals surface area contributed by atoms with Gasteiger partial charge in [-0.1, -0.05) is 42.0 Å². The zero-order chi connectivity index (χ0) is 15.2. The van der Waals surface area contributed by atoms with Crippen molar-refractivity contribution in [3.05, 3.63) is 59.7 Å². The second-order valence-electron chi connectivity index (χ2n) is 5.06. The fourth-order valence-corrected chi connectivity index (χ4v) is 1.92. The van der Waals surface area contributed by atoms with E-state index >= 15 is 0 Å². The van der Waals surface area contributed by atoms with E-state index in [0.717, 1.165) is 5.56 Å². The van der Waals surface area contributed by atoms with E-state index in [2.05, 4.69) is 0 Å². The third-order valence-corrected chi connectivity index (χ3v) is 3.24. The summed E-state index contributed by atoms with van der Waals surface area (Å²) >= 11 is 0. The predicted octanol–water partition coefficient (Wildman–Crippen LogP) is 2.61. The van der Waals surface area contributed by atoms with Crippen LogP contribution in [0.3, 0.4) is 0 Å². The normalized spacial score (nSPS) is 10.2. The Bertz CT molecular complexity index is 608. The van der Waals surface area contributed by atoms with Gasteiger partial charge in [-0.25, -0.2) is 0 Å². The molecule has 0 aromatic heterocycles. The Morgan fingerprint density at radius 2 is 1.81 bits per heavy atom. The highest BCUT2D eigenvalue weighted by Crippen LogP contribution is 2.19. The van der Waals surface area contributed by atoms with Gasteiger partial charge in [-0.05, 0) is 24.6 Å². The summed E-state index contributed by atoms with van der Waals surface area (Å²) in [4.78, 5) is 13.7. The van der Waals surface area contributed by atoms with Gasteiger partial charge < -0.3 is 15.4 Å². The maximum absolute atomic E-state index is 12.1. The Morgan fingerprint density at radius 3 is 2.48 bits per heavy atom. The Kier molecular flexibility index (Phi) is 4.82. The largest absolute Gasteiger partial charge is 0.482 e. The molecule has 0 bridgehead atoms. The Labute approximate surface area is 125 Å². The molecule has 0 unspecified atom stereocenters. The molecule has 4 heteroatoms. The highest BCUT2D eigenvalue weighted by Gasteiger charge is 2.11. The van der Waals surface area contributed by atoms with Crippen LogP contribution in [0.1, 0.15) is 11.1 Å². The summed E-state index contributed by atoms with van der Waals surface area (Å²) in [5.74, 6) is 0.452. The topological polar surface area (TPSA) is 55.6 Å². The summed E-state index contributed by atoms with van der Waals surface area (Å²) < 4.78 is 5.46. The standard InChI is InChI=1S/C17H20N2O2/c1-13-7-9-14(10-8-13)11-19(2)17(20)12-21-16-6-4-3-5-15(16)18/h3-10H,11-12,18H2,1-2H3. The number of hydrogen-bond acceptors (Lipinski definition) is 3.